The third-order valence-corrected chi connectivity index (χ3v) is 6.19. The van der Waals surface area contributed by atoms with Crippen LogP contribution in [0.4, 0.5) is 5.82 Å². The Morgan fingerprint density at radius 1 is 1.23 bits per heavy atom. The van der Waals surface area contributed by atoms with Crippen LogP contribution in [0.1, 0.15) is 61.3 Å². The molecule has 1 fully saturated rings. The normalized spacial score (nSPS) is 21.7. The first kappa shape index (κ1) is 14.0. The van der Waals surface area contributed by atoms with Crippen LogP contribution in [-0.4, -0.2) is 16.0 Å². The van der Waals surface area contributed by atoms with Gasteiger partial charge in [0.15, 0.2) is 0 Å². The molecule has 1 saturated carbocycles. The lowest BCUT2D eigenvalue weighted by atomic mass is 9.95. The highest BCUT2D eigenvalue weighted by Gasteiger charge is 2.29. The summed E-state index contributed by atoms with van der Waals surface area (Å²) < 4.78 is 0. The summed E-state index contributed by atoms with van der Waals surface area (Å²) in [6.07, 6.45) is 10.9. The zero-order chi connectivity index (χ0) is 14.9. The highest BCUT2D eigenvalue weighted by molar-refractivity contribution is 7.19. The maximum absolute atomic E-state index is 9.10. The summed E-state index contributed by atoms with van der Waals surface area (Å²) in [6.45, 7) is 0. The molecule has 0 spiro atoms. The van der Waals surface area contributed by atoms with Crippen molar-refractivity contribution in [2.75, 3.05) is 5.32 Å². The van der Waals surface area contributed by atoms with Gasteiger partial charge in [0.05, 0.1) is 11.5 Å². The fourth-order valence-corrected chi connectivity index (χ4v) is 5.17. The lowest BCUT2D eigenvalue weighted by Gasteiger charge is -2.23. The van der Waals surface area contributed by atoms with Gasteiger partial charge >= 0.3 is 0 Å². The number of anilines is 1. The first-order chi connectivity index (χ1) is 10.9. The summed E-state index contributed by atoms with van der Waals surface area (Å²) >= 11 is 1.79. The average molecular weight is 312 g/mol. The minimum Gasteiger partial charge on any atom is -0.367 e. The molecule has 2 aliphatic carbocycles. The van der Waals surface area contributed by atoms with E-state index in [1.165, 1.54) is 47.9 Å². The number of aromatic nitrogens is 2. The van der Waals surface area contributed by atoms with Gasteiger partial charge in [-0.15, -0.1) is 11.3 Å². The second-order valence-corrected chi connectivity index (χ2v) is 7.50. The van der Waals surface area contributed by atoms with Crippen molar-refractivity contribution >= 4 is 27.4 Å². The predicted molar refractivity (Wildman–Crippen MR) is 89.2 cm³/mol. The molecule has 0 aromatic carbocycles. The monoisotopic (exact) mass is 312 g/mol. The van der Waals surface area contributed by atoms with Gasteiger partial charge in [-0.2, -0.15) is 5.26 Å². The van der Waals surface area contributed by atoms with E-state index in [4.69, 9.17) is 5.26 Å². The molecule has 0 aliphatic heterocycles. The number of aryl methyl sites for hydroxylation is 1. The fourth-order valence-electron chi connectivity index (χ4n) is 3.93. The maximum atomic E-state index is 9.10. The number of fused-ring (bicyclic) bond motifs is 3. The Morgan fingerprint density at radius 2 is 2.09 bits per heavy atom. The lowest BCUT2D eigenvalue weighted by molar-refractivity contribution is 0.462. The molecule has 2 aliphatic rings. The second kappa shape index (κ2) is 5.85. The van der Waals surface area contributed by atoms with Crippen molar-refractivity contribution in [1.29, 1.82) is 5.26 Å². The van der Waals surface area contributed by atoms with Crippen molar-refractivity contribution in [2.24, 2.45) is 0 Å². The Morgan fingerprint density at radius 3 is 2.91 bits per heavy atom. The van der Waals surface area contributed by atoms with Gasteiger partial charge in [0.1, 0.15) is 17.0 Å². The highest BCUT2D eigenvalue weighted by atomic mass is 32.1. The first-order valence-corrected chi connectivity index (χ1v) is 9.08. The first-order valence-electron chi connectivity index (χ1n) is 8.26. The molecule has 22 heavy (non-hydrogen) atoms. The Balaban J connectivity index is 1.74. The van der Waals surface area contributed by atoms with Gasteiger partial charge in [-0.05, 0) is 37.2 Å². The SMILES string of the molecule is N#CC[C@H]1CCc2sc3ncnc(NC4CCCCC4)c3c21. The summed E-state index contributed by atoms with van der Waals surface area (Å²) in [5.41, 5.74) is 1.36. The van der Waals surface area contributed by atoms with Crippen molar-refractivity contribution in [3.63, 3.8) is 0 Å². The summed E-state index contributed by atoms with van der Waals surface area (Å²) in [5.74, 6) is 1.37. The van der Waals surface area contributed by atoms with Crippen molar-refractivity contribution < 1.29 is 0 Å². The van der Waals surface area contributed by atoms with Crippen molar-refractivity contribution in [3.8, 4) is 6.07 Å². The number of thiophene rings is 1. The van der Waals surface area contributed by atoms with Crippen molar-refractivity contribution in [1.82, 2.24) is 9.97 Å². The van der Waals surface area contributed by atoms with E-state index in [1.807, 2.05) is 0 Å². The van der Waals surface area contributed by atoms with E-state index in [0.717, 1.165) is 23.5 Å². The van der Waals surface area contributed by atoms with E-state index < -0.39 is 0 Å². The molecule has 0 amide bonds. The number of nitrogens with one attached hydrogen (secondary N) is 1. The molecule has 0 unspecified atom stereocenters. The number of nitrogens with zero attached hydrogens (tertiary/aromatic N) is 3. The molecule has 2 aromatic heterocycles. The van der Waals surface area contributed by atoms with Crippen LogP contribution >= 0.6 is 11.3 Å². The Bertz CT molecular complexity index is 724. The van der Waals surface area contributed by atoms with E-state index in [9.17, 15) is 0 Å². The topological polar surface area (TPSA) is 61.6 Å². The van der Waals surface area contributed by atoms with E-state index in [1.54, 1.807) is 17.7 Å². The molecule has 0 bridgehead atoms. The Kier molecular flexibility index (Phi) is 3.71. The van der Waals surface area contributed by atoms with Gasteiger partial charge in [-0.1, -0.05) is 19.3 Å². The van der Waals surface area contributed by atoms with E-state index in [-0.39, 0.29) is 0 Å². The molecular weight excluding hydrogens is 292 g/mol. The maximum Gasteiger partial charge on any atom is 0.138 e. The van der Waals surface area contributed by atoms with E-state index >= 15 is 0 Å². The quantitative estimate of drug-likeness (QED) is 0.913. The second-order valence-electron chi connectivity index (χ2n) is 6.42. The van der Waals surface area contributed by atoms with Crippen LogP contribution in [0, 0.1) is 11.3 Å². The lowest BCUT2D eigenvalue weighted by Crippen LogP contribution is -2.23. The van der Waals surface area contributed by atoms with Crippen LogP contribution in [0.2, 0.25) is 0 Å². The van der Waals surface area contributed by atoms with Gasteiger partial charge in [0.25, 0.3) is 0 Å². The van der Waals surface area contributed by atoms with Crippen LogP contribution in [0.15, 0.2) is 6.33 Å². The molecule has 2 heterocycles. The molecule has 2 aromatic rings. The van der Waals surface area contributed by atoms with Crippen LogP contribution in [-0.2, 0) is 6.42 Å². The number of nitriles is 1. The molecular formula is C17H20N4S. The summed E-state index contributed by atoms with van der Waals surface area (Å²) in [7, 11) is 0. The molecule has 4 rings (SSSR count). The summed E-state index contributed by atoms with van der Waals surface area (Å²) in [5, 5.41) is 14.0. The standard InChI is InChI=1S/C17H20N4S/c18-9-8-11-6-7-13-14(11)15-16(19-10-20-17(15)22-13)21-12-4-2-1-3-5-12/h10-12H,1-8H2,(H,19,20,21)/t11-/m1/s1. The number of hydrogen-bond acceptors (Lipinski definition) is 5. The molecule has 5 heteroatoms. The molecule has 1 atom stereocenters. The van der Waals surface area contributed by atoms with Crippen LogP contribution < -0.4 is 5.32 Å². The smallest absolute Gasteiger partial charge is 0.138 e. The third-order valence-electron chi connectivity index (χ3n) is 5.01. The van der Waals surface area contributed by atoms with Gasteiger partial charge in [0, 0.05) is 17.3 Å². The van der Waals surface area contributed by atoms with Crippen LogP contribution in [0.25, 0.3) is 10.2 Å². The Labute approximate surface area is 134 Å². The highest BCUT2D eigenvalue weighted by Crippen LogP contribution is 2.46. The van der Waals surface area contributed by atoms with Gasteiger partial charge < -0.3 is 5.32 Å². The van der Waals surface area contributed by atoms with Gasteiger partial charge in [-0.3, -0.25) is 0 Å². The zero-order valence-electron chi connectivity index (χ0n) is 12.6. The molecule has 4 nitrogen and oxygen atoms in total. The molecule has 0 saturated heterocycles. The molecule has 114 valence electrons. The summed E-state index contributed by atoms with van der Waals surface area (Å²) in [4.78, 5) is 11.5. The van der Waals surface area contributed by atoms with E-state index in [2.05, 4.69) is 21.4 Å². The van der Waals surface area contributed by atoms with Gasteiger partial charge in [-0.25, -0.2) is 9.97 Å². The van der Waals surface area contributed by atoms with Crippen LogP contribution in [0.3, 0.4) is 0 Å². The number of hydrogen-bond donors (Lipinski definition) is 1. The van der Waals surface area contributed by atoms with Crippen LogP contribution in [0.5, 0.6) is 0 Å². The summed E-state index contributed by atoms with van der Waals surface area (Å²) in [6, 6.07) is 2.89. The fraction of sp³-hybridized carbons (Fsp3) is 0.588. The largest absolute Gasteiger partial charge is 0.367 e. The molecule has 1 N–H and O–H groups in total. The minimum absolute atomic E-state index is 0.367. The number of rotatable bonds is 3. The Hall–Kier alpha value is -1.67. The van der Waals surface area contributed by atoms with E-state index in [0.29, 0.717) is 18.4 Å². The predicted octanol–water partition coefficient (Wildman–Crippen LogP) is 4.38. The van der Waals surface area contributed by atoms with Crippen molar-refractivity contribution in [3.05, 3.63) is 16.8 Å². The third kappa shape index (κ3) is 2.36. The zero-order valence-corrected chi connectivity index (χ0v) is 13.5. The average Bonchev–Trinajstić information content (AvgIpc) is 3.09. The minimum atomic E-state index is 0.367. The van der Waals surface area contributed by atoms with Crippen molar-refractivity contribution in [2.45, 2.75) is 63.3 Å². The molecule has 0 radical (unpaired) electrons. The van der Waals surface area contributed by atoms with Gasteiger partial charge in [0.2, 0.25) is 0 Å².